The number of nitrogens with two attached hydrogens (primary N) is 1. The number of benzene rings is 1. The summed E-state index contributed by atoms with van der Waals surface area (Å²) >= 11 is 0. The highest BCUT2D eigenvalue weighted by atomic mass is 16.5. The number of para-hydroxylation sites is 2. The van der Waals surface area contributed by atoms with Crippen LogP contribution in [0.15, 0.2) is 24.3 Å². The smallest absolute Gasteiger partial charge is 0.414 e. The molecule has 0 heterocycles. The molecule has 0 saturated heterocycles. The topological polar surface area (TPSA) is 140 Å². The second-order valence-corrected chi connectivity index (χ2v) is 4.26. The zero-order chi connectivity index (χ0) is 18.2. The van der Waals surface area contributed by atoms with Crippen LogP contribution in [0, 0.1) is 0 Å². The van der Waals surface area contributed by atoms with Crippen molar-refractivity contribution in [3.8, 4) is 11.5 Å². The Morgan fingerprint density at radius 3 is 2.21 bits per heavy atom. The number of carboxylic acids is 2. The van der Waals surface area contributed by atoms with Crippen LogP contribution in [0.3, 0.4) is 0 Å². The summed E-state index contributed by atoms with van der Waals surface area (Å²) in [6, 6.07) is 7.56. The molecule has 0 aliphatic heterocycles. The highest BCUT2D eigenvalue weighted by Gasteiger charge is 2.04. The van der Waals surface area contributed by atoms with Crippen molar-refractivity contribution in [2.45, 2.75) is 0 Å². The molecule has 1 aromatic carbocycles. The zero-order valence-electron chi connectivity index (χ0n) is 13.6. The Bertz CT molecular complexity index is 471. The molecule has 0 fully saturated rings. The van der Waals surface area contributed by atoms with E-state index in [1.165, 1.54) is 0 Å². The fourth-order valence-corrected chi connectivity index (χ4v) is 1.42. The maximum atomic E-state index is 9.10. The predicted octanol–water partition coefficient (Wildman–Crippen LogP) is -0.205. The molecule has 9 heteroatoms. The van der Waals surface area contributed by atoms with E-state index in [1.54, 1.807) is 7.11 Å². The van der Waals surface area contributed by atoms with Crippen molar-refractivity contribution >= 4 is 11.9 Å². The van der Waals surface area contributed by atoms with Gasteiger partial charge in [-0.3, -0.25) is 0 Å². The van der Waals surface area contributed by atoms with E-state index in [0.29, 0.717) is 26.4 Å². The molecule has 136 valence electrons. The number of methoxy groups -OCH3 is 1. The number of rotatable bonds is 10. The minimum absolute atomic E-state index is 0.511. The third kappa shape index (κ3) is 11.2. The first-order valence-electron chi connectivity index (χ1n) is 7.23. The van der Waals surface area contributed by atoms with Crippen LogP contribution in [-0.4, -0.2) is 68.7 Å². The van der Waals surface area contributed by atoms with Crippen molar-refractivity contribution in [2.24, 2.45) is 5.73 Å². The van der Waals surface area contributed by atoms with Crippen LogP contribution in [0.25, 0.3) is 0 Å². The van der Waals surface area contributed by atoms with Crippen LogP contribution >= 0.6 is 0 Å². The monoisotopic (exact) mass is 344 g/mol. The first-order valence-corrected chi connectivity index (χ1v) is 7.23. The molecule has 0 radical (unpaired) electrons. The first kappa shape index (κ1) is 21.6. The Hall–Kier alpha value is -2.36. The molecule has 0 unspecified atom stereocenters. The lowest BCUT2D eigenvalue weighted by Gasteiger charge is -2.10. The largest absolute Gasteiger partial charge is 0.493 e. The van der Waals surface area contributed by atoms with Gasteiger partial charge in [0.2, 0.25) is 0 Å². The Morgan fingerprint density at radius 2 is 1.67 bits per heavy atom. The minimum atomic E-state index is -1.82. The first-order chi connectivity index (χ1) is 11.5. The van der Waals surface area contributed by atoms with E-state index in [4.69, 9.17) is 39.7 Å². The summed E-state index contributed by atoms with van der Waals surface area (Å²) in [6.45, 7) is 4.01. The molecule has 9 nitrogen and oxygen atoms in total. The van der Waals surface area contributed by atoms with Crippen LogP contribution in [0.5, 0.6) is 11.5 Å². The predicted molar refractivity (Wildman–Crippen MR) is 86.5 cm³/mol. The minimum Gasteiger partial charge on any atom is -0.493 e. The molecule has 0 aromatic heterocycles. The van der Waals surface area contributed by atoms with Crippen LogP contribution in [-0.2, 0) is 14.3 Å². The quantitative estimate of drug-likeness (QED) is 0.335. The summed E-state index contributed by atoms with van der Waals surface area (Å²) in [4.78, 5) is 18.2. The van der Waals surface area contributed by atoms with Gasteiger partial charge in [0.1, 0.15) is 6.61 Å². The van der Waals surface area contributed by atoms with Gasteiger partial charge in [0, 0.05) is 19.6 Å². The Labute approximate surface area is 140 Å². The Balaban J connectivity index is 0.000000754. The van der Waals surface area contributed by atoms with Gasteiger partial charge in [-0.15, -0.1) is 0 Å². The van der Waals surface area contributed by atoms with Crippen molar-refractivity contribution in [1.29, 1.82) is 0 Å². The fourth-order valence-electron chi connectivity index (χ4n) is 1.42. The highest BCUT2D eigenvalue weighted by Crippen LogP contribution is 2.25. The number of carboxylic acid groups (broad SMARTS) is 2. The number of ether oxygens (including phenoxy) is 3. The van der Waals surface area contributed by atoms with E-state index in [1.807, 2.05) is 24.3 Å². The van der Waals surface area contributed by atoms with Gasteiger partial charge in [-0.05, 0) is 12.1 Å². The summed E-state index contributed by atoms with van der Waals surface area (Å²) in [7, 11) is 1.63. The van der Waals surface area contributed by atoms with Crippen molar-refractivity contribution < 1.29 is 34.0 Å². The molecule has 0 saturated carbocycles. The fraction of sp³-hybridized carbons (Fsp3) is 0.467. The molecular weight excluding hydrogens is 320 g/mol. The number of carbonyl (C=O) groups is 2. The van der Waals surface area contributed by atoms with E-state index in [2.05, 4.69) is 5.32 Å². The maximum absolute atomic E-state index is 9.10. The lowest BCUT2D eigenvalue weighted by Crippen LogP contribution is -2.26. The van der Waals surface area contributed by atoms with E-state index in [0.717, 1.165) is 24.6 Å². The van der Waals surface area contributed by atoms with Crippen molar-refractivity contribution in [2.75, 3.05) is 46.6 Å². The third-order valence-electron chi connectivity index (χ3n) is 2.48. The van der Waals surface area contributed by atoms with E-state index in [9.17, 15) is 0 Å². The number of hydrogen-bond acceptors (Lipinski definition) is 7. The Morgan fingerprint density at radius 1 is 1.04 bits per heavy atom. The molecule has 0 amide bonds. The lowest BCUT2D eigenvalue weighted by atomic mass is 10.3. The molecule has 0 aliphatic carbocycles. The van der Waals surface area contributed by atoms with Gasteiger partial charge in [-0.2, -0.15) is 0 Å². The molecule has 0 bridgehead atoms. The van der Waals surface area contributed by atoms with Gasteiger partial charge in [0.15, 0.2) is 11.5 Å². The molecule has 24 heavy (non-hydrogen) atoms. The summed E-state index contributed by atoms with van der Waals surface area (Å²) < 4.78 is 16.2. The average molecular weight is 344 g/mol. The molecule has 1 aromatic rings. The van der Waals surface area contributed by atoms with Gasteiger partial charge < -0.3 is 35.5 Å². The van der Waals surface area contributed by atoms with Gasteiger partial charge in [-0.1, -0.05) is 12.1 Å². The summed E-state index contributed by atoms with van der Waals surface area (Å²) in [5.74, 6) is -2.17. The van der Waals surface area contributed by atoms with Gasteiger partial charge in [0.25, 0.3) is 0 Å². The van der Waals surface area contributed by atoms with Crippen LogP contribution in [0.4, 0.5) is 0 Å². The van der Waals surface area contributed by atoms with Crippen molar-refractivity contribution in [3.05, 3.63) is 24.3 Å². The summed E-state index contributed by atoms with van der Waals surface area (Å²) in [6.07, 6.45) is 0. The average Bonchev–Trinajstić information content (AvgIpc) is 2.58. The van der Waals surface area contributed by atoms with Crippen LogP contribution in [0.1, 0.15) is 0 Å². The van der Waals surface area contributed by atoms with E-state index >= 15 is 0 Å². The van der Waals surface area contributed by atoms with Crippen LogP contribution in [0.2, 0.25) is 0 Å². The zero-order valence-corrected chi connectivity index (χ0v) is 13.6. The van der Waals surface area contributed by atoms with Gasteiger partial charge in [0.05, 0.1) is 20.3 Å². The number of nitrogens with one attached hydrogen (secondary N) is 1. The SMILES string of the molecule is COc1ccccc1OCCOCCNCCN.O=C(O)C(=O)O. The molecule has 0 aliphatic rings. The Kier molecular flexibility index (Phi) is 12.8. The van der Waals surface area contributed by atoms with Crippen LogP contribution < -0.4 is 20.5 Å². The second kappa shape index (κ2) is 14.2. The van der Waals surface area contributed by atoms with Crippen molar-refractivity contribution in [3.63, 3.8) is 0 Å². The third-order valence-corrected chi connectivity index (χ3v) is 2.48. The van der Waals surface area contributed by atoms with Crippen molar-refractivity contribution in [1.82, 2.24) is 5.32 Å². The standard InChI is InChI=1S/C13H22N2O3.C2H2O4/c1-16-12-4-2-3-5-13(12)18-11-10-17-9-8-15-7-6-14;3-1(4)2(5)6/h2-5,15H,6-11,14H2,1H3;(H,3,4)(H,5,6). The molecule has 0 spiro atoms. The van der Waals surface area contributed by atoms with Gasteiger partial charge >= 0.3 is 11.9 Å². The maximum Gasteiger partial charge on any atom is 0.414 e. The van der Waals surface area contributed by atoms with Gasteiger partial charge in [-0.25, -0.2) is 9.59 Å². The lowest BCUT2D eigenvalue weighted by molar-refractivity contribution is -0.159. The normalized spacial score (nSPS) is 9.58. The second-order valence-electron chi connectivity index (χ2n) is 4.26. The highest BCUT2D eigenvalue weighted by molar-refractivity contribution is 6.27. The molecule has 0 atom stereocenters. The molecule has 1 rings (SSSR count). The summed E-state index contributed by atoms with van der Waals surface area (Å²) in [5.41, 5.74) is 5.35. The molecule has 5 N–H and O–H groups in total. The van der Waals surface area contributed by atoms with E-state index < -0.39 is 11.9 Å². The number of hydrogen-bond donors (Lipinski definition) is 4. The molecular formula is C15H24N2O7. The van der Waals surface area contributed by atoms with E-state index in [-0.39, 0.29) is 0 Å². The summed E-state index contributed by atoms with van der Waals surface area (Å²) in [5, 5.41) is 17.9. The number of aliphatic carboxylic acids is 2.